The summed E-state index contributed by atoms with van der Waals surface area (Å²) in [4.78, 5) is 27.7. The topological polar surface area (TPSA) is 82.3 Å². The van der Waals surface area contributed by atoms with Gasteiger partial charge in [-0.2, -0.15) is 0 Å². The molecule has 0 bridgehead atoms. The van der Waals surface area contributed by atoms with Crippen LogP contribution in [0, 0.1) is 6.92 Å². The highest BCUT2D eigenvalue weighted by Crippen LogP contribution is 2.24. The number of carbonyl (C=O) groups is 2. The molecule has 20 heavy (non-hydrogen) atoms. The number of hydrogen-bond acceptors (Lipinski definition) is 5. The Morgan fingerprint density at radius 2 is 2.00 bits per heavy atom. The number of esters is 1. The number of ketones is 1. The third-order valence-electron chi connectivity index (χ3n) is 2.96. The number of nitrogens with zero attached hydrogens (tertiary/aromatic N) is 1. The Bertz CT molecular complexity index is 708. The van der Waals surface area contributed by atoms with Crippen molar-refractivity contribution in [1.82, 2.24) is 4.98 Å². The number of carbonyl (C=O) groups excluding carboxylic acids is 2. The SMILES string of the molecule is CCOC(=O)c1nc2cc(C)cc(C(C)=O)c2cc1N. The number of fused-ring (bicyclic) bond motifs is 1. The lowest BCUT2D eigenvalue weighted by molar-refractivity contribution is 0.0521. The fourth-order valence-corrected chi connectivity index (χ4v) is 2.09. The van der Waals surface area contributed by atoms with Crippen molar-refractivity contribution in [2.75, 3.05) is 12.3 Å². The first-order valence-electron chi connectivity index (χ1n) is 6.33. The van der Waals surface area contributed by atoms with Gasteiger partial charge in [-0.25, -0.2) is 9.78 Å². The number of nitrogen functional groups attached to an aromatic ring is 1. The van der Waals surface area contributed by atoms with E-state index in [1.807, 2.05) is 13.0 Å². The Morgan fingerprint density at radius 1 is 1.30 bits per heavy atom. The molecular formula is C15H16N2O3. The predicted molar refractivity (Wildman–Crippen MR) is 76.9 cm³/mol. The summed E-state index contributed by atoms with van der Waals surface area (Å²) < 4.78 is 4.92. The van der Waals surface area contributed by atoms with Gasteiger partial charge in [0.1, 0.15) is 0 Å². The second kappa shape index (κ2) is 5.28. The van der Waals surface area contributed by atoms with Gasteiger partial charge in [-0.1, -0.05) is 0 Å². The maximum Gasteiger partial charge on any atom is 0.359 e. The summed E-state index contributed by atoms with van der Waals surface area (Å²) >= 11 is 0. The molecule has 0 saturated heterocycles. The molecule has 0 atom stereocenters. The number of aromatic nitrogens is 1. The van der Waals surface area contributed by atoms with Crippen LogP contribution < -0.4 is 5.73 Å². The minimum atomic E-state index is -0.558. The number of Topliss-reactive ketones (excluding diaryl/α,β-unsaturated/α-hetero) is 1. The maximum atomic E-state index is 11.8. The molecule has 1 heterocycles. The second-order valence-electron chi connectivity index (χ2n) is 4.58. The highest BCUT2D eigenvalue weighted by atomic mass is 16.5. The smallest absolute Gasteiger partial charge is 0.359 e. The molecule has 2 N–H and O–H groups in total. The van der Waals surface area contributed by atoms with E-state index in [1.54, 1.807) is 19.1 Å². The monoisotopic (exact) mass is 272 g/mol. The van der Waals surface area contributed by atoms with Crippen LogP contribution in [0.5, 0.6) is 0 Å². The van der Waals surface area contributed by atoms with E-state index in [0.29, 0.717) is 16.5 Å². The predicted octanol–water partition coefficient (Wildman–Crippen LogP) is 2.50. The van der Waals surface area contributed by atoms with Gasteiger partial charge in [0.2, 0.25) is 0 Å². The molecule has 0 aliphatic rings. The van der Waals surface area contributed by atoms with Gasteiger partial charge >= 0.3 is 5.97 Å². The van der Waals surface area contributed by atoms with Crippen LogP contribution in [0.15, 0.2) is 18.2 Å². The summed E-state index contributed by atoms with van der Waals surface area (Å²) in [7, 11) is 0. The molecule has 0 radical (unpaired) electrons. The van der Waals surface area contributed by atoms with Crippen LogP contribution in [0.2, 0.25) is 0 Å². The minimum Gasteiger partial charge on any atom is -0.461 e. The Morgan fingerprint density at radius 3 is 2.60 bits per heavy atom. The molecule has 0 spiro atoms. The number of benzene rings is 1. The number of ether oxygens (including phenoxy) is 1. The average molecular weight is 272 g/mol. The van der Waals surface area contributed by atoms with Crippen molar-refractivity contribution < 1.29 is 14.3 Å². The quantitative estimate of drug-likeness (QED) is 0.685. The summed E-state index contributed by atoms with van der Waals surface area (Å²) in [5.74, 6) is -0.624. The molecule has 5 heteroatoms. The number of anilines is 1. The van der Waals surface area contributed by atoms with E-state index in [9.17, 15) is 9.59 Å². The molecule has 0 unspecified atom stereocenters. The first kappa shape index (κ1) is 14.0. The van der Waals surface area contributed by atoms with Crippen LogP contribution in [-0.2, 0) is 4.74 Å². The van der Waals surface area contributed by atoms with Gasteiger partial charge in [-0.15, -0.1) is 0 Å². The van der Waals surface area contributed by atoms with Crippen LogP contribution in [0.4, 0.5) is 5.69 Å². The first-order valence-corrected chi connectivity index (χ1v) is 6.33. The fraction of sp³-hybridized carbons (Fsp3) is 0.267. The van der Waals surface area contributed by atoms with Crippen LogP contribution in [-0.4, -0.2) is 23.3 Å². The molecule has 0 aliphatic carbocycles. The Labute approximate surface area is 116 Å². The van der Waals surface area contributed by atoms with Gasteiger partial charge in [0, 0.05) is 10.9 Å². The van der Waals surface area contributed by atoms with E-state index in [2.05, 4.69) is 4.98 Å². The lowest BCUT2D eigenvalue weighted by Crippen LogP contribution is -2.11. The fourth-order valence-electron chi connectivity index (χ4n) is 2.09. The molecule has 104 valence electrons. The maximum absolute atomic E-state index is 11.8. The molecule has 0 amide bonds. The third kappa shape index (κ3) is 2.47. The lowest BCUT2D eigenvalue weighted by atomic mass is 10.0. The van der Waals surface area contributed by atoms with E-state index in [-0.39, 0.29) is 23.8 Å². The number of hydrogen-bond donors (Lipinski definition) is 1. The van der Waals surface area contributed by atoms with Crippen LogP contribution >= 0.6 is 0 Å². The molecule has 0 fully saturated rings. The Hall–Kier alpha value is -2.43. The standard InChI is InChI=1S/C15H16N2O3/c1-4-20-15(19)14-12(16)7-11-10(9(3)18)5-8(2)6-13(11)17-14/h5-7H,4,16H2,1-3H3. The summed E-state index contributed by atoms with van der Waals surface area (Å²) in [6.07, 6.45) is 0. The van der Waals surface area contributed by atoms with Crippen LogP contribution in [0.1, 0.15) is 40.3 Å². The molecular weight excluding hydrogens is 256 g/mol. The number of nitrogens with two attached hydrogens (primary N) is 1. The summed E-state index contributed by atoms with van der Waals surface area (Å²) in [5, 5.41) is 0.647. The third-order valence-corrected chi connectivity index (χ3v) is 2.96. The van der Waals surface area contributed by atoms with Gasteiger partial charge in [-0.3, -0.25) is 4.79 Å². The minimum absolute atomic E-state index is 0.0659. The van der Waals surface area contributed by atoms with Crippen molar-refractivity contribution in [1.29, 1.82) is 0 Å². The highest BCUT2D eigenvalue weighted by Gasteiger charge is 2.16. The average Bonchev–Trinajstić information content (AvgIpc) is 2.37. The van der Waals surface area contributed by atoms with Gasteiger partial charge in [0.05, 0.1) is 17.8 Å². The lowest BCUT2D eigenvalue weighted by Gasteiger charge is -2.09. The van der Waals surface area contributed by atoms with Crippen molar-refractivity contribution >= 4 is 28.3 Å². The van der Waals surface area contributed by atoms with Gasteiger partial charge in [-0.05, 0) is 44.5 Å². The first-order chi connectivity index (χ1) is 9.43. The Kier molecular flexibility index (Phi) is 3.70. The molecule has 5 nitrogen and oxygen atoms in total. The van der Waals surface area contributed by atoms with E-state index in [1.165, 1.54) is 6.92 Å². The molecule has 1 aromatic heterocycles. The summed E-state index contributed by atoms with van der Waals surface area (Å²) in [5.41, 5.74) is 8.15. The zero-order valence-corrected chi connectivity index (χ0v) is 11.7. The molecule has 1 aromatic carbocycles. The summed E-state index contributed by atoms with van der Waals surface area (Å²) in [6.45, 7) is 5.33. The van der Waals surface area contributed by atoms with Gasteiger partial charge < -0.3 is 10.5 Å². The van der Waals surface area contributed by atoms with E-state index >= 15 is 0 Å². The van der Waals surface area contributed by atoms with E-state index in [4.69, 9.17) is 10.5 Å². The Balaban J connectivity index is 2.71. The molecule has 2 aromatic rings. The number of pyridine rings is 1. The van der Waals surface area contributed by atoms with Crippen molar-refractivity contribution in [3.8, 4) is 0 Å². The van der Waals surface area contributed by atoms with Crippen molar-refractivity contribution in [2.45, 2.75) is 20.8 Å². The largest absolute Gasteiger partial charge is 0.461 e. The van der Waals surface area contributed by atoms with Gasteiger partial charge in [0.25, 0.3) is 0 Å². The number of rotatable bonds is 3. The summed E-state index contributed by atoms with van der Waals surface area (Å²) in [6, 6.07) is 5.20. The number of aryl methyl sites for hydroxylation is 1. The van der Waals surface area contributed by atoms with Crippen LogP contribution in [0.3, 0.4) is 0 Å². The van der Waals surface area contributed by atoms with Gasteiger partial charge in [0.15, 0.2) is 11.5 Å². The van der Waals surface area contributed by atoms with Crippen molar-refractivity contribution in [2.24, 2.45) is 0 Å². The van der Waals surface area contributed by atoms with E-state index in [0.717, 1.165) is 5.56 Å². The zero-order chi connectivity index (χ0) is 14.9. The molecule has 0 saturated carbocycles. The van der Waals surface area contributed by atoms with Crippen LogP contribution in [0.25, 0.3) is 10.9 Å². The van der Waals surface area contributed by atoms with E-state index < -0.39 is 5.97 Å². The zero-order valence-electron chi connectivity index (χ0n) is 11.7. The normalized spacial score (nSPS) is 10.6. The second-order valence-corrected chi connectivity index (χ2v) is 4.58. The van der Waals surface area contributed by atoms with Crippen molar-refractivity contribution in [3.05, 3.63) is 35.0 Å². The highest BCUT2D eigenvalue weighted by molar-refractivity contribution is 6.08. The molecule has 2 rings (SSSR count). The van der Waals surface area contributed by atoms with Crippen molar-refractivity contribution in [3.63, 3.8) is 0 Å². The molecule has 0 aliphatic heterocycles.